The fourth-order valence-corrected chi connectivity index (χ4v) is 3.53. The lowest BCUT2D eigenvalue weighted by molar-refractivity contribution is 0.177. The first-order valence-corrected chi connectivity index (χ1v) is 7.63. The maximum absolute atomic E-state index is 12.0. The van der Waals surface area contributed by atoms with E-state index in [1.807, 2.05) is 38.1 Å². The average molecular weight is 300 g/mol. The first kappa shape index (κ1) is 14.0. The third-order valence-electron chi connectivity index (χ3n) is 3.57. The Morgan fingerprint density at radius 3 is 2.71 bits per heavy atom. The third-order valence-corrected chi connectivity index (χ3v) is 4.55. The van der Waals surface area contributed by atoms with E-state index in [1.165, 1.54) is 0 Å². The molecule has 2 aromatic heterocycles. The normalized spacial score (nSPS) is 12.7. The Bertz CT molecular complexity index is 845. The fourth-order valence-electron chi connectivity index (χ4n) is 2.55. The van der Waals surface area contributed by atoms with Gasteiger partial charge in [-0.15, -0.1) is 11.3 Å². The highest BCUT2D eigenvalue weighted by Gasteiger charge is 2.16. The molecule has 1 N–H and O–H groups in total. The predicted molar refractivity (Wildman–Crippen MR) is 84.9 cm³/mol. The van der Waals surface area contributed by atoms with Crippen molar-refractivity contribution in [2.45, 2.75) is 26.4 Å². The number of hydrogen-bond acceptors (Lipinski definition) is 4. The molecule has 0 amide bonds. The van der Waals surface area contributed by atoms with Gasteiger partial charge in [-0.1, -0.05) is 18.2 Å². The summed E-state index contributed by atoms with van der Waals surface area (Å²) < 4.78 is 5.30. The topological polar surface area (TPSA) is 50.4 Å². The van der Waals surface area contributed by atoms with Gasteiger partial charge in [0.2, 0.25) is 0 Å². The van der Waals surface area contributed by atoms with E-state index in [2.05, 4.69) is 0 Å². The fraction of sp³-hybridized carbons (Fsp3) is 0.235. The van der Waals surface area contributed by atoms with Gasteiger partial charge in [-0.3, -0.25) is 0 Å². The summed E-state index contributed by atoms with van der Waals surface area (Å²) in [5, 5.41) is 11.3. The SMILES string of the molecule is Cc1cc(C(O)Cc2cc3ccccc3oc2=O)c(C)s1. The van der Waals surface area contributed by atoms with Crippen LogP contribution in [0.25, 0.3) is 11.0 Å². The minimum absolute atomic E-state index is 0.268. The van der Waals surface area contributed by atoms with Crippen molar-refractivity contribution >= 4 is 22.3 Å². The van der Waals surface area contributed by atoms with Crippen molar-refractivity contribution in [3.8, 4) is 0 Å². The number of para-hydroxylation sites is 1. The lowest BCUT2D eigenvalue weighted by atomic mass is 10.0. The minimum atomic E-state index is -0.681. The summed E-state index contributed by atoms with van der Waals surface area (Å²) in [6.07, 6.45) is -0.413. The summed E-state index contributed by atoms with van der Waals surface area (Å²) in [6.45, 7) is 4.00. The Kier molecular flexibility index (Phi) is 3.66. The van der Waals surface area contributed by atoms with E-state index in [1.54, 1.807) is 23.5 Å². The van der Waals surface area contributed by atoms with Gasteiger partial charge in [0.05, 0.1) is 6.10 Å². The molecule has 4 heteroatoms. The molecule has 21 heavy (non-hydrogen) atoms. The number of hydrogen-bond donors (Lipinski definition) is 1. The van der Waals surface area contributed by atoms with E-state index in [0.29, 0.717) is 11.1 Å². The van der Waals surface area contributed by atoms with Crippen LogP contribution < -0.4 is 5.63 Å². The molecule has 1 unspecified atom stereocenters. The van der Waals surface area contributed by atoms with Crippen LogP contribution in [0.2, 0.25) is 0 Å². The second kappa shape index (κ2) is 5.47. The monoisotopic (exact) mass is 300 g/mol. The van der Waals surface area contributed by atoms with Crippen molar-refractivity contribution in [2.24, 2.45) is 0 Å². The number of aliphatic hydroxyl groups is 1. The Balaban J connectivity index is 1.96. The molecule has 0 saturated heterocycles. The molecule has 0 bridgehead atoms. The largest absolute Gasteiger partial charge is 0.423 e. The smallest absolute Gasteiger partial charge is 0.339 e. The van der Waals surface area contributed by atoms with Crippen LogP contribution in [0.15, 0.2) is 45.6 Å². The zero-order chi connectivity index (χ0) is 15.0. The molecule has 1 atom stereocenters. The van der Waals surface area contributed by atoms with Crippen LogP contribution in [0.4, 0.5) is 0 Å². The lowest BCUT2D eigenvalue weighted by Crippen LogP contribution is -2.12. The average Bonchev–Trinajstić information content (AvgIpc) is 2.78. The van der Waals surface area contributed by atoms with Crippen LogP contribution in [0, 0.1) is 13.8 Å². The van der Waals surface area contributed by atoms with Gasteiger partial charge in [-0.2, -0.15) is 0 Å². The van der Waals surface area contributed by atoms with Crippen molar-refractivity contribution in [1.82, 2.24) is 0 Å². The van der Waals surface area contributed by atoms with Crippen molar-refractivity contribution in [3.05, 3.63) is 67.7 Å². The van der Waals surface area contributed by atoms with Crippen molar-refractivity contribution in [3.63, 3.8) is 0 Å². The Morgan fingerprint density at radius 1 is 1.24 bits per heavy atom. The quantitative estimate of drug-likeness (QED) is 0.750. The summed E-state index contributed by atoms with van der Waals surface area (Å²) in [7, 11) is 0. The Morgan fingerprint density at radius 2 is 2.00 bits per heavy atom. The van der Waals surface area contributed by atoms with E-state index in [9.17, 15) is 9.90 Å². The molecule has 3 aromatic rings. The third kappa shape index (κ3) is 2.77. The maximum Gasteiger partial charge on any atom is 0.339 e. The molecule has 0 spiro atoms. The molecule has 0 aliphatic carbocycles. The molecule has 0 aliphatic heterocycles. The summed E-state index contributed by atoms with van der Waals surface area (Å²) in [5.74, 6) is 0. The summed E-state index contributed by atoms with van der Waals surface area (Å²) in [6, 6.07) is 11.2. The summed E-state index contributed by atoms with van der Waals surface area (Å²) >= 11 is 1.65. The van der Waals surface area contributed by atoms with Gasteiger partial charge < -0.3 is 9.52 Å². The Hall–Kier alpha value is -1.91. The molecular formula is C17H16O3S. The second-order valence-corrected chi connectivity index (χ2v) is 6.65. The highest BCUT2D eigenvalue weighted by atomic mass is 32.1. The molecule has 3 rings (SSSR count). The molecule has 0 radical (unpaired) electrons. The van der Waals surface area contributed by atoms with E-state index in [0.717, 1.165) is 20.7 Å². The van der Waals surface area contributed by atoms with Gasteiger partial charge in [0.15, 0.2) is 0 Å². The number of benzene rings is 1. The first-order chi connectivity index (χ1) is 10.0. The molecule has 0 saturated carbocycles. The van der Waals surface area contributed by atoms with Crippen LogP contribution in [0.1, 0.15) is 27.0 Å². The van der Waals surface area contributed by atoms with Crippen LogP contribution in [0.5, 0.6) is 0 Å². The van der Waals surface area contributed by atoms with Crippen LogP contribution in [-0.4, -0.2) is 5.11 Å². The summed E-state index contributed by atoms with van der Waals surface area (Å²) in [5.41, 5.74) is 1.59. The first-order valence-electron chi connectivity index (χ1n) is 6.81. The molecule has 2 heterocycles. The second-order valence-electron chi connectivity index (χ2n) is 5.19. The molecule has 1 aromatic carbocycles. The molecule has 108 valence electrons. The van der Waals surface area contributed by atoms with Gasteiger partial charge in [-0.25, -0.2) is 4.79 Å². The maximum atomic E-state index is 12.0. The summed E-state index contributed by atoms with van der Waals surface area (Å²) in [4.78, 5) is 14.3. The van der Waals surface area contributed by atoms with Crippen LogP contribution >= 0.6 is 11.3 Å². The van der Waals surface area contributed by atoms with Crippen molar-refractivity contribution in [2.75, 3.05) is 0 Å². The lowest BCUT2D eigenvalue weighted by Gasteiger charge is -2.10. The number of aryl methyl sites for hydroxylation is 2. The predicted octanol–water partition coefficient (Wildman–Crippen LogP) is 3.75. The van der Waals surface area contributed by atoms with Gasteiger partial charge >= 0.3 is 5.63 Å². The standard InChI is InChI=1S/C17H16O3S/c1-10-7-14(11(2)21-10)15(18)9-13-8-12-5-3-4-6-16(12)20-17(13)19/h3-8,15,18H,9H2,1-2H3. The number of fused-ring (bicyclic) bond motifs is 1. The number of thiophene rings is 1. The molecular weight excluding hydrogens is 284 g/mol. The molecule has 0 fully saturated rings. The van der Waals surface area contributed by atoms with E-state index in [-0.39, 0.29) is 12.0 Å². The number of rotatable bonds is 3. The zero-order valence-corrected chi connectivity index (χ0v) is 12.7. The highest BCUT2D eigenvalue weighted by Crippen LogP contribution is 2.28. The zero-order valence-electron chi connectivity index (χ0n) is 11.9. The van der Waals surface area contributed by atoms with Crippen molar-refractivity contribution in [1.29, 1.82) is 0 Å². The van der Waals surface area contributed by atoms with Crippen LogP contribution in [-0.2, 0) is 6.42 Å². The van der Waals surface area contributed by atoms with Gasteiger partial charge in [0.1, 0.15) is 5.58 Å². The Labute approximate surface area is 126 Å². The van der Waals surface area contributed by atoms with Crippen LogP contribution in [0.3, 0.4) is 0 Å². The molecule has 3 nitrogen and oxygen atoms in total. The van der Waals surface area contributed by atoms with Crippen molar-refractivity contribution < 1.29 is 9.52 Å². The minimum Gasteiger partial charge on any atom is -0.423 e. The molecule has 0 aliphatic rings. The van der Waals surface area contributed by atoms with Gasteiger partial charge in [-0.05, 0) is 37.6 Å². The van der Waals surface area contributed by atoms with Gasteiger partial charge in [0, 0.05) is 27.1 Å². The van der Waals surface area contributed by atoms with E-state index in [4.69, 9.17) is 4.42 Å². The highest BCUT2D eigenvalue weighted by molar-refractivity contribution is 7.12. The number of aliphatic hydroxyl groups excluding tert-OH is 1. The van der Waals surface area contributed by atoms with E-state index < -0.39 is 6.10 Å². The van der Waals surface area contributed by atoms with Gasteiger partial charge in [0.25, 0.3) is 0 Å². The van der Waals surface area contributed by atoms with E-state index >= 15 is 0 Å².